The maximum Gasteiger partial charge on any atom is 0.0692 e. The van der Waals surface area contributed by atoms with Gasteiger partial charge in [-0.05, 0) is 29.7 Å². The second-order valence-electron chi connectivity index (χ2n) is 4.59. The number of aliphatic hydroxyl groups is 1. The lowest BCUT2D eigenvalue weighted by atomic mass is 10.1. The normalized spacial score (nSPS) is 10.5. The molecule has 0 saturated carbocycles. The molecule has 0 aliphatic heterocycles. The van der Waals surface area contributed by atoms with Crippen LogP contribution < -0.4 is 4.90 Å². The molecule has 0 amide bonds. The first-order chi connectivity index (χ1) is 9.20. The van der Waals surface area contributed by atoms with Gasteiger partial charge < -0.3 is 10.0 Å². The van der Waals surface area contributed by atoms with Crippen LogP contribution in [0.1, 0.15) is 11.1 Å². The average molecular weight is 320 g/mol. The van der Waals surface area contributed by atoms with Gasteiger partial charge in [0.05, 0.1) is 6.61 Å². The van der Waals surface area contributed by atoms with Crippen LogP contribution in [0.4, 0.5) is 5.69 Å². The summed E-state index contributed by atoms with van der Waals surface area (Å²) in [5.41, 5.74) is 3.42. The van der Waals surface area contributed by atoms with Crippen LogP contribution in [0.5, 0.6) is 0 Å². The van der Waals surface area contributed by atoms with Crippen LogP contribution in [-0.4, -0.2) is 18.7 Å². The molecule has 3 heteroatoms. The quantitative estimate of drug-likeness (QED) is 0.909. The molecule has 100 valence electrons. The van der Waals surface area contributed by atoms with Crippen molar-refractivity contribution in [2.75, 3.05) is 18.5 Å². The average Bonchev–Trinajstić information content (AvgIpc) is 2.45. The largest absolute Gasteiger partial charge is 0.392 e. The lowest BCUT2D eigenvalue weighted by Gasteiger charge is -2.20. The number of benzene rings is 2. The fourth-order valence-electron chi connectivity index (χ4n) is 1.97. The fourth-order valence-corrected chi connectivity index (χ4v) is 2.46. The van der Waals surface area contributed by atoms with Crippen LogP contribution >= 0.6 is 15.9 Å². The van der Waals surface area contributed by atoms with E-state index in [9.17, 15) is 0 Å². The van der Waals surface area contributed by atoms with E-state index in [4.69, 9.17) is 5.11 Å². The molecule has 0 fully saturated rings. The zero-order chi connectivity index (χ0) is 13.7. The molecule has 0 heterocycles. The number of anilines is 1. The van der Waals surface area contributed by atoms with Crippen molar-refractivity contribution >= 4 is 21.6 Å². The first-order valence-electron chi connectivity index (χ1n) is 6.35. The fraction of sp³-hybridized carbons (Fsp3) is 0.250. The first-order valence-corrected chi connectivity index (χ1v) is 7.14. The van der Waals surface area contributed by atoms with Crippen molar-refractivity contribution < 1.29 is 5.11 Å². The SMILES string of the molecule is CN(CCc1ccccc1)c1ccc(CO)c(Br)c1. The van der Waals surface area contributed by atoms with E-state index >= 15 is 0 Å². The molecule has 0 spiro atoms. The number of hydrogen-bond acceptors (Lipinski definition) is 2. The Morgan fingerprint density at radius 1 is 1.11 bits per heavy atom. The van der Waals surface area contributed by atoms with Crippen molar-refractivity contribution in [3.63, 3.8) is 0 Å². The standard InChI is InChI=1S/C16H18BrNO/c1-18(10-9-13-5-3-2-4-6-13)15-8-7-14(12-19)16(17)11-15/h2-8,11,19H,9-10,12H2,1H3. The van der Waals surface area contributed by atoms with E-state index in [2.05, 4.69) is 58.2 Å². The summed E-state index contributed by atoms with van der Waals surface area (Å²) in [6.45, 7) is 1.03. The molecule has 1 N–H and O–H groups in total. The van der Waals surface area contributed by atoms with Gasteiger partial charge in [-0.15, -0.1) is 0 Å². The molecular formula is C16H18BrNO. The molecule has 0 saturated heterocycles. The van der Waals surface area contributed by atoms with Crippen molar-refractivity contribution in [3.8, 4) is 0 Å². The van der Waals surface area contributed by atoms with Crippen molar-refractivity contribution in [2.24, 2.45) is 0 Å². The van der Waals surface area contributed by atoms with Gasteiger partial charge in [0.15, 0.2) is 0 Å². The van der Waals surface area contributed by atoms with Gasteiger partial charge in [0, 0.05) is 23.8 Å². The Morgan fingerprint density at radius 2 is 1.84 bits per heavy atom. The molecule has 0 aliphatic carbocycles. The van der Waals surface area contributed by atoms with E-state index in [0.29, 0.717) is 0 Å². The van der Waals surface area contributed by atoms with Gasteiger partial charge in [-0.1, -0.05) is 52.3 Å². The summed E-state index contributed by atoms with van der Waals surface area (Å²) in [5, 5.41) is 9.16. The van der Waals surface area contributed by atoms with Crippen molar-refractivity contribution in [1.82, 2.24) is 0 Å². The van der Waals surface area contributed by atoms with Crippen LogP contribution in [-0.2, 0) is 13.0 Å². The predicted octanol–water partition coefficient (Wildman–Crippen LogP) is 3.62. The lowest BCUT2D eigenvalue weighted by Crippen LogP contribution is -2.20. The van der Waals surface area contributed by atoms with Gasteiger partial charge in [-0.25, -0.2) is 0 Å². The first kappa shape index (κ1) is 14.1. The molecule has 0 bridgehead atoms. The third kappa shape index (κ3) is 3.82. The Labute approximate surface area is 122 Å². The highest BCUT2D eigenvalue weighted by Crippen LogP contribution is 2.23. The second kappa shape index (κ2) is 6.73. The molecule has 0 aliphatic rings. The van der Waals surface area contributed by atoms with Crippen LogP contribution in [0.15, 0.2) is 53.0 Å². The van der Waals surface area contributed by atoms with E-state index in [-0.39, 0.29) is 6.61 Å². The lowest BCUT2D eigenvalue weighted by molar-refractivity contribution is 0.281. The van der Waals surface area contributed by atoms with Gasteiger partial charge in [-0.2, -0.15) is 0 Å². The Kier molecular flexibility index (Phi) is 5.00. The maximum absolute atomic E-state index is 9.16. The molecule has 0 radical (unpaired) electrons. The topological polar surface area (TPSA) is 23.5 Å². The Balaban J connectivity index is 2.00. The molecule has 19 heavy (non-hydrogen) atoms. The van der Waals surface area contributed by atoms with E-state index in [0.717, 1.165) is 28.7 Å². The summed E-state index contributed by atoms with van der Waals surface area (Å²) in [7, 11) is 2.09. The smallest absolute Gasteiger partial charge is 0.0692 e. The van der Waals surface area contributed by atoms with E-state index < -0.39 is 0 Å². The number of aliphatic hydroxyl groups excluding tert-OH is 1. The molecule has 2 aromatic rings. The summed E-state index contributed by atoms with van der Waals surface area (Å²) in [5.74, 6) is 0. The molecule has 0 aromatic heterocycles. The van der Waals surface area contributed by atoms with Gasteiger partial charge >= 0.3 is 0 Å². The highest BCUT2D eigenvalue weighted by atomic mass is 79.9. The highest BCUT2D eigenvalue weighted by Gasteiger charge is 2.05. The zero-order valence-corrected chi connectivity index (χ0v) is 12.6. The number of nitrogens with zero attached hydrogens (tertiary/aromatic N) is 1. The summed E-state index contributed by atoms with van der Waals surface area (Å²) in [6.07, 6.45) is 1.02. The van der Waals surface area contributed by atoms with Crippen LogP contribution in [0.2, 0.25) is 0 Å². The van der Waals surface area contributed by atoms with Crippen molar-refractivity contribution in [3.05, 3.63) is 64.1 Å². The molecular weight excluding hydrogens is 302 g/mol. The Bertz CT molecular complexity index is 528. The molecule has 0 atom stereocenters. The molecule has 0 unspecified atom stereocenters. The van der Waals surface area contributed by atoms with Crippen LogP contribution in [0, 0.1) is 0 Å². The Hall–Kier alpha value is -1.32. The van der Waals surface area contributed by atoms with Gasteiger partial charge in [-0.3, -0.25) is 0 Å². The van der Waals surface area contributed by atoms with E-state index in [1.165, 1.54) is 5.56 Å². The minimum atomic E-state index is 0.0641. The zero-order valence-electron chi connectivity index (χ0n) is 11.0. The summed E-state index contributed by atoms with van der Waals surface area (Å²) >= 11 is 3.48. The number of likely N-dealkylation sites (N-methyl/N-ethyl adjacent to an activating group) is 1. The third-order valence-corrected chi connectivity index (χ3v) is 3.96. The van der Waals surface area contributed by atoms with Gasteiger partial charge in [0.25, 0.3) is 0 Å². The second-order valence-corrected chi connectivity index (χ2v) is 5.45. The minimum absolute atomic E-state index is 0.0641. The third-order valence-electron chi connectivity index (χ3n) is 3.23. The number of hydrogen-bond donors (Lipinski definition) is 1. The Morgan fingerprint density at radius 3 is 2.47 bits per heavy atom. The van der Waals surface area contributed by atoms with Gasteiger partial charge in [0.1, 0.15) is 0 Å². The summed E-state index contributed by atoms with van der Waals surface area (Å²) in [6, 6.07) is 16.5. The van der Waals surface area contributed by atoms with Crippen molar-refractivity contribution in [2.45, 2.75) is 13.0 Å². The summed E-state index contributed by atoms with van der Waals surface area (Å²) in [4.78, 5) is 2.22. The summed E-state index contributed by atoms with van der Waals surface area (Å²) < 4.78 is 0.957. The molecule has 2 nitrogen and oxygen atoms in total. The van der Waals surface area contributed by atoms with Gasteiger partial charge in [0.2, 0.25) is 0 Å². The monoisotopic (exact) mass is 319 g/mol. The van der Waals surface area contributed by atoms with Crippen LogP contribution in [0.25, 0.3) is 0 Å². The number of halogens is 1. The molecule has 2 aromatic carbocycles. The highest BCUT2D eigenvalue weighted by molar-refractivity contribution is 9.10. The minimum Gasteiger partial charge on any atom is -0.392 e. The maximum atomic E-state index is 9.16. The van der Waals surface area contributed by atoms with E-state index in [1.54, 1.807) is 0 Å². The van der Waals surface area contributed by atoms with Crippen LogP contribution in [0.3, 0.4) is 0 Å². The van der Waals surface area contributed by atoms with E-state index in [1.807, 2.05) is 18.2 Å². The number of rotatable bonds is 5. The molecule has 2 rings (SSSR count). The predicted molar refractivity (Wildman–Crippen MR) is 83.5 cm³/mol. The van der Waals surface area contributed by atoms with Crippen molar-refractivity contribution in [1.29, 1.82) is 0 Å².